The van der Waals surface area contributed by atoms with Gasteiger partial charge in [-0.2, -0.15) is 5.26 Å². The molecular weight excluding hydrogens is 181 g/mol. The van der Waals surface area contributed by atoms with Crippen LogP contribution >= 0.6 is 0 Å². The number of nitriles is 1. The molecule has 0 saturated heterocycles. The smallest absolute Gasteiger partial charge is 0.129 e. The van der Waals surface area contributed by atoms with Crippen LogP contribution in [0.4, 0.5) is 4.39 Å². The van der Waals surface area contributed by atoms with Gasteiger partial charge >= 0.3 is 0 Å². The van der Waals surface area contributed by atoms with Crippen LogP contribution < -0.4 is 0 Å². The number of benzene rings is 1. The maximum atomic E-state index is 13.1. The van der Waals surface area contributed by atoms with Crippen LogP contribution in [0.15, 0.2) is 18.2 Å². The van der Waals surface area contributed by atoms with Crippen LogP contribution in [0.25, 0.3) is 0 Å². The monoisotopic (exact) mass is 189 g/mol. The number of halogens is 1. The number of aliphatic hydroxyl groups excluding tert-OH is 1. The highest BCUT2D eigenvalue weighted by Crippen LogP contribution is 2.09. The fourth-order valence-electron chi connectivity index (χ4n) is 0.939. The van der Waals surface area contributed by atoms with Gasteiger partial charge in [0, 0.05) is 11.1 Å². The first-order valence-corrected chi connectivity index (χ1v) is 4.03. The van der Waals surface area contributed by atoms with Crippen LogP contribution in [0, 0.1) is 29.0 Å². The Bertz CT molecular complexity index is 423. The van der Waals surface area contributed by atoms with E-state index < -0.39 is 5.82 Å². The van der Waals surface area contributed by atoms with Crippen molar-refractivity contribution in [3.05, 3.63) is 35.1 Å². The lowest BCUT2D eigenvalue weighted by Gasteiger charge is -1.98. The minimum absolute atomic E-state index is 0.128. The van der Waals surface area contributed by atoms with Gasteiger partial charge < -0.3 is 5.11 Å². The molecule has 0 atom stereocenters. The van der Waals surface area contributed by atoms with Gasteiger partial charge in [0.1, 0.15) is 5.82 Å². The molecule has 0 unspecified atom stereocenters. The van der Waals surface area contributed by atoms with Gasteiger partial charge in [-0.1, -0.05) is 17.9 Å². The van der Waals surface area contributed by atoms with E-state index in [1.54, 1.807) is 6.07 Å². The molecule has 1 aromatic carbocycles. The second kappa shape index (κ2) is 5.01. The maximum Gasteiger partial charge on any atom is 0.129 e. The Morgan fingerprint density at radius 1 is 1.43 bits per heavy atom. The molecule has 14 heavy (non-hydrogen) atoms. The molecular formula is C11H8FNO. The third-order valence-electron chi connectivity index (χ3n) is 1.62. The standard InChI is InChI=1S/C11H8FNO/c12-11-7-9(3-1-2-6-13)4-5-10(11)8-14/h4-5,7,14H,2,8H2. The molecule has 0 aliphatic carbocycles. The Morgan fingerprint density at radius 2 is 2.21 bits per heavy atom. The molecule has 0 saturated carbocycles. The second-order valence-corrected chi connectivity index (χ2v) is 2.60. The fraction of sp³-hybridized carbons (Fsp3) is 0.182. The predicted molar refractivity (Wildman–Crippen MR) is 49.4 cm³/mol. The summed E-state index contributed by atoms with van der Waals surface area (Å²) in [5.74, 6) is 4.74. The zero-order valence-electron chi connectivity index (χ0n) is 7.42. The van der Waals surface area contributed by atoms with Gasteiger partial charge in [0.15, 0.2) is 0 Å². The van der Waals surface area contributed by atoms with E-state index in [4.69, 9.17) is 10.4 Å². The minimum atomic E-state index is -0.476. The highest BCUT2D eigenvalue weighted by atomic mass is 19.1. The summed E-state index contributed by atoms with van der Waals surface area (Å²) >= 11 is 0. The summed E-state index contributed by atoms with van der Waals surface area (Å²) < 4.78 is 13.1. The molecule has 3 heteroatoms. The Morgan fingerprint density at radius 3 is 2.79 bits per heavy atom. The van der Waals surface area contributed by atoms with E-state index >= 15 is 0 Å². The molecule has 1 rings (SSSR count). The summed E-state index contributed by atoms with van der Waals surface area (Å²) in [6.45, 7) is -0.322. The molecule has 0 radical (unpaired) electrons. The summed E-state index contributed by atoms with van der Waals surface area (Å²) in [7, 11) is 0. The highest BCUT2D eigenvalue weighted by Gasteiger charge is 1.99. The largest absolute Gasteiger partial charge is 0.392 e. The van der Waals surface area contributed by atoms with Crippen molar-refractivity contribution < 1.29 is 9.50 Å². The third-order valence-corrected chi connectivity index (χ3v) is 1.62. The van der Waals surface area contributed by atoms with Crippen molar-refractivity contribution in [2.45, 2.75) is 13.0 Å². The van der Waals surface area contributed by atoms with Gasteiger partial charge in [0.2, 0.25) is 0 Å². The van der Waals surface area contributed by atoms with Gasteiger partial charge in [-0.25, -0.2) is 4.39 Å². The molecule has 1 N–H and O–H groups in total. The number of hydrogen-bond acceptors (Lipinski definition) is 2. The van der Waals surface area contributed by atoms with Gasteiger partial charge in [0.05, 0.1) is 19.1 Å². The Kier molecular flexibility index (Phi) is 3.67. The molecule has 0 heterocycles. The van der Waals surface area contributed by atoms with E-state index in [9.17, 15) is 4.39 Å². The molecule has 0 fully saturated rings. The van der Waals surface area contributed by atoms with E-state index in [1.807, 2.05) is 6.07 Å². The molecule has 2 nitrogen and oxygen atoms in total. The first kappa shape index (κ1) is 10.2. The van der Waals surface area contributed by atoms with Crippen LogP contribution in [0.5, 0.6) is 0 Å². The van der Waals surface area contributed by atoms with Crippen molar-refractivity contribution >= 4 is 0 Å². The van der Waals surface area contributed by atoms with Crippen molar-refractivity contribution in [3.8, 4) is 17.9 Å². The topological polar surface area (TPSA) is 44.0 Å². The van der Waals surface area contributed by atoms with Crippen LogP contribution in [0.1, 0.15) is 17.5 Å². The van der Waals surface area contributed by atoms with E-state index in [0.29, 0.717) is 5.56 Å². The lowest BCUT2D eigenvalue weighted by Crippen LogP contribution is -1.89. The quantitative estimate of drug-likeness (QED) is 0.681. The van der Waals surface area contributed by atoms with Crippen LogP contribution in [0.2, 0.25) is 0 Å². The van der Waals surface area contributed by atoms with Crippen LogP contribution in [0.3, 0.4) is 0 Å². The predicted octanol–water partition coefficient (Wildman–Crippen LogP) is 1.58. The van der Waals surface area contributed by atoms with Crippen molar-refractivity contribution in [1.29, 1.82) is 5.26 Å². The van der Waals surface area contributed by atoms with E-state index in [-0.39, 0.29) is 18.6 Å². The maximum absolute atomic E-state index is 13.1. The Labute approximate surface area is 81.6 Å². The van der Waals surface area contributed by atoms with Crippen LogP contribution in [-0.2, 0) is 6.61 Å². The minimum Gasteiger partial charge on any atom is -0.392 e. The lowest BCUT2D eigenvalue weighted by molar-refractivity contribution is 0.275. The summed E-state index contributed by atoms with van der Waals surface area (Å²) in [4.78, 5) is 0. The zero-order valence-corrected chi connectivity index (χ0v) is 7.42. The molecule has 0 amide bonds. The van der Waals surface area contributed by atoms with Gasteiger partial charge in [0.25, 0.3) is 0 Å². The summed E-state index contributed by atoms with van der Waals surface area (Å²) in [5, 5.41) is 16.9. The molecule has 0 bridgehead atoms. The molecule has 0 spiro atoms. The molecule has 0 aliphatic rings. The van der Waals surface area contributed by atoms with E-state index in [2.05, 4.69) is 11.8 Å². The first-order chi connectivity index (χ1) is 6.77. The van der Waals surface area contributed by atoms with Crippen molar-refractivity contribution in [2.24, 2.45) is 0 Å². The highest BCUT2D eigenvalue weighted by molar-refractivity contribution is 5.37. The Hall–Kier alpha value is -1.84. The molecule has 1 aromatic rings. The van der Waals surface area contributed by atoms with Crippen molar-refractivity contribution in [1.82, 2.24) is 0 Å². The van der Waals surface area contributed by atoms with Crippen molar-refractivity contribution in [2.75, 3.05) is 0 Å². The average molecular weight is 189 g/mol. The number of hydrogen-bond donors (Lipinski definition) is 1. The SMILES string of the molecule is N#CCC#Cc1ccc(CO)c(F)c1. The molecule has 0 aromatic heterocycles. The average Bonchev–Trinajstić information content (AvgIpc) is 2.18. The first-order valence-electron chi connectivity index (χ1n) is 4.03. The van der Waals surface area contributed by atoms with Gasteiger partial charge in [-0.05, 0) is 12.1 Å². The van der Waals surface area contributed by atoms with Gasteiger partial charge in [-0.3, -0.25) is 0 Å². The molecule has 70 valence electrons. The Balaban J connectivity index is 2.89. The zero-order chi connectivity index (χ0) is 10.4. The van der Waals surface area contributed by atoms with Crippen molar-refractivity contribution in [3.63, 3.8) is 0 Å². The normalized spacial score (nSPS) is 8.64. The summed E-state index contributed by atoms with van der Waals surface area (Å²) in [6.07, 6.45) is 0.128. The second-order valence-electron chi connectivity index (χ2n) is 2.60. The molecule has 0 aliphatic heterocycles. The van der Waals surface area contributed by atoms with Gasteiger partial charge in [-0.15, -0.1) is 0 Å². The number of nitrogens with zero attached hydrogens (tertiary/aromatic N) is 1. The lowest BCUT2D eigenvalue weighted by atomic mass is 10.1. The number of aliphatic hydroxyl groups is 1. The summed E-state index contributed by atoms with van der Waals surface area (Å²) in [5.41, 5.74) is 0.755. The van der Waals surface area contributed by atoms with E-state index in [0.717, 1.165) is 0 Å². The fourth-order valence-corrected chi connectivity index (χ4v) is 0.939. The number of rotatable bonds is 1. The third kappa shape index (κ3) is 2.58. The summed E-state index contributed by atoms with van der Waals surface area (Å²) in [6, 6.07) is 6.20. The van der Waals surface area contributed by atoms with Crippen LogP contribution in [-0.4, -0.2) is 5.11 Å². The van der Waals surface area contributed by atoms with E-state index in [1.165, 1.54) is 12.1 Å².